The number of rotatable bonds is 2. The molecule has 2 aliphatic carbocycles. The van der Waals surface area contributed by atoms with Gasteiger partial charge in [0.25, 0.3) is 0 Å². The molecule has 0 aromatic heterocycles. The lowest BCUT2D eigenvalue weighted by molar-refractivity contribution is 0.195. The van der Waals surface area contributed by atoms with Crippen LogP contribution in [0.1, 0.15) is 102 Å². The van der Waals surface area contributed by atoms with Gasteiger partial charge in [0.05, 0.1) is 5.54 Å². The number of fused-ring (bicyclic) bond motifs is 10. The summed E-state index contributed by atoms with van der Waals surface area (Å²) in [5.41, 5.74) is 23.6. The number of anilines is 4. The van der Waals surface area contributed by atoms with Gasteiger partial charge in [-0.25, -0.2) is 0 Å². The highest BCUT2D eigenvalue weighted by atomic mass is 15.3. The fraction of sp³-hybridized carbons (Fsp3) is 0.308. The van der Waals surface area contributed by atoms with Crippen molar-refractivity contribution in [1.29, 1.82) is 0 Å². The molecule has 0 saturated heterocycles. The van der Waals surface area contributed by atoms with E-state index in [2.05, 4.69) is 180 Å². The Morgan fingerprint density at radius 1 is 0.600 bits per heavy atom. The van der Waals surface area contributed by atoms with Crippen LogP contribution in [0.2, 0.25) is 0 Å². The summed E-state index contributed by atoms with van der Waals surface area (Å²) in [5.74, 6) is 0. The van der Waals surface area contributed by atoms with Gasteiger partial charge in [-0.05, 0) is 135 Å². The average molecular weight is 715 g/mol. The van der Waals surface area contributed by atoms with Crippen LogP contribution in [0.25, 0.3) is 33.4 Å². The Hall–Kier alpha value is -5.02. The average Bonchev–Trinajstić information content (AvgIpc) is 3.53. The second kappa shape index (κ2) is 10.8. The Morgan fingerprint density at radius 3 is 2.07 bits per heavy atom. The van der Waals surface area contributed by atoms with Crippen molar-refractivity contribution in [3.05, 3.63) is 143 Å². The third-order valence-corrected chi connectivity index (χ3v) is 15.1. The van der Waals surface area contributed by atoms with Crippen LogP contribution < -0.4 is 20.6 Å². The molecule has 3 heteroatoms. The summed E-state index contributed by atoms with van der Waals surface area (Å²) in [7, 11) is 0. The molecular formula is C52H51BN2. The number of aryl methyl sites for hydroxylation is 1. The lowest BCUT2D eigenvalue weighted by atomic mass is 9.43. The van der Waals surface area contributed by atoms with E-state index in [-0.39, 0.29) is 28.6 Å². The van der Waals surface area contributed by atoms with Crippen molar-refractivity contribution >= 4 is 40.5 Å². The maximum Gasteiger partial charge on any atom is 0.333 e. The molecule has 0 amide bonds. The molecule has 3 heterocycles. The van der Waals surface area contributed by atoms with Crippen LogP contribution >= 0.6 is 0 Å². The van der Waals surface area contributed by atoms with Crippen molar-refractivity contribution in [2.75, 3.05) is 9.71 Å². The van der Waals surface area contributed by atoms with Gasteiger partial charge in [-0.2, -0.15) is 0 Å². The first kappa shape index (κ1) is 33.3. The third kappa shape index (κ3) is 4.17. The van der Waals surface area contributed by atoms with E-state index in [1.54, 1.807) is 5.56 Å². The Bertz CT molecular complexity index is 2630. The lowest BCUT2D eigenvalue weighted by Crippen LogP contribution is -2.64. The first-order valence-electron chi connectivity index (χ1n) is 20.7. The van der Waals surface area contributed by atoms with E-state index in [9.17, 15) is 0 Å². The topological polar surface area (TPSA) is 6.48 Å². The molecule has 3 aliphatic heterocycles. The molecular weight excluding hydrogens is 663 g/mol. The highest BCUT2D eigenvalue weighted by Gasteiger charge is 2.62. The predicted octanol–water partition coefficient (Wildman–Crippen LogP) is 12.2. The first-order chi connectivity index (χ1) is 26.3. The Balaban J connectivity index is 1.32. The minimum Gasteiger partial charge on any atom is -0.376 e. The van der Waals surface area contributed by atoms with Gasteiger partial charge in [-0.15, -0.1) is 0 Å². The van der Waals surface area contributed by atoms with Gasteiger partial charge in [0, 0.05) is 39.1 Å². The molecule has 11 rings (SSSR count). The van der Waals surface area contributed by atoms with Gasteiger partial charge in [-0.1, -0.05) is 133 Å². The van der Waals surface area contributed by atoms with Crippen molar-refractivity contribution in [2.24, 2.45) is 0 Å². The van der Waals surface area contributed by atoms with Crippen LogP contribution in [0.15, 0.2) is 115 Å². The van der Waals surface area contributed by atoms with E-state index in [1.807, 2.05) is 0 Å². The zero-order valence-electron chi connectivity index (χ0n) is 33.8. The molecule has 1 saturated carbocycles. The quantitative estimate of drug-likeness (QED) is 0.165. The molecule has 2 atom stereocenters. The minimum absolute atomic E-state index is 0.0123. The lowest BCUT2D eigenvalue weighted by Gasteiger charge is -2.53. The second-order valence-electron chi connectivity index (χ2n) is 19.3. The SMILES string of the molecule is Cc1ccccc1-c1cc2c3c(c1)N1c4c(cc(C(C)(C)C)cc4C4(C)CCCCC14C)B3N(c1ccccc1)c1cc3c(cc1-2)C(C)(C)c1ccccc1-3. The van der Waals surface area contributed by atoms with Crippen LogP contribution in [0.3, 0.4) is 0 Å². The summed E-state index contributed by atoms with van der Waals surface area (Å²) < 4.78 is 0. The van der Waals surface area contributed by atoms with Crippen LogP contribution in [-0.2, 0) is 16.2 Å². The number of nitrogens with zero attached hydrogens (tertiary/aromatic N) is 2. The summed E-state index contributed by atoms with van der Waals surface area (Å²) in [4.78, 5) is 5.62. The molecule has 55 heavy (non-hydrogen) atoms. The molecule has 272 valence electrons. The Kier molecular flexibility index (Phi) is 6.57. The van der Waals surface area contributed by atoms with Gasteiger partial charge in [0.15, 0.2) is 0 Å². The van der Waals surface area contributed by atoms with Crippen LogP contribution in [0.4, 0.5) is 22.7 Å². The van der Waals surface area contributed by atoms with Gasteiger partial charge < -0.3 is 9.71 Å². The number of benzene rings is 6. The highest BCUT2D eigenvalue weighted by Crippen LogP contribution is 2.63. The fourth-order valence-corrected chi connectivity index (χ4v) is 11.9. The van der Waals surface area contributed by atoms with Crippen molar-refractivity contribution in [3.8, 4) is 33.4 Å². The maximum atomic E-state index is 2.89. The molecule has 0 bridgehead atoms. The Labute approximate surface area is 328 Å². The summed E-state index contributed by atoms with van der Waals surface area (Å²) in [6.07, 6.45) is 4.95. The Morgan fingerprint density at radius 2 is 1.31 bits per heavy atom. The monoisotopic (exact) mass is 714 g/mol. The van der Waals surface area contributed by atoms with Gasteiger partial charge in [0.2, 0.25) is 0 Å². The summed E-state index contributed by atoms with van der Waals surface area (Å²) in [6.45, 7) is 19.6. The largest absolute Gasteiger partial charge is 0.376 e. The second-order valence-corrected chi connectivity index (χ2v) is 19.3. The van der Waals surface area contributed by atoms with E-state index in [4.69, 9.17) is 0 Å². The molecule has 6 aromatic rings. The zero-order chi connectivity index (χ0) is 37.8. The molecule has 2 nitrogen and oxygen atoms in total. The molecule has 1 fully saturated rings. The van der Waals surface area contributed by atoms with Gasteiger partial charge in [-0.3, -0.25) is 0 Å². The molecule has 2 unspecified atom stereocenters. The zero-order valence-corrected chi connectivity index (χ0v) is 33.8. The molecule has 0 N–H and O–H groups in total. The summed E-state index contributed by atoms with van der Waals surface area (Å²) in [6, 6.07) is 45.0. The van der Waals surface area contributed by atoms with Crippen LogP contribution in [-0.4, -0.2) is 12.4 Å². The van der Waals surface area contributed by atoms with Crippen LogP contribution in [0, 0.1) is 6.92 Å². The predicted molar refractivity (Wildman–Crippen MR) is 235 cm³/mol. The smallest absolute Gasteiger partial charge is 0.333 e. The van der Waals surface area contributed by atoms with E-state index in [1.165, 1.54) is 115 Å². The van der Waals surface area contributed by atoms with E-state index >= 15 is 0 Å². The van der Waals surface area contributed by atoms with E-state index in [0.29, 0.717) is 0 Å². The van der Waals surface area contributed by atoms with Crippen molar-refractivity contribution in [2.45, 2.75) is 103 Å². The van der Waals surface area contributed by atoms with Gasteiger partial charge >= 0.3 is 6.85 Å². The number of hydrogen-bond donors (Lipinski definition) is 0. The highest BCUT2D eigenvalue weighted by molar-refractivity contribution is 6.93. The molecule has 0 spiro atoms. The number of hydrogen-bond acceptors (Lipinski definition) is 2. The van der Waals surface area contributed by atoms with Crippen molar-refractivity contribution in [1.82, 2.24) is 0 Å². The van der Waals surface area contributed by atoms with Crippen molar-refractivity contribution < 1.29 is 0 Å². The third-order valence-electron chi connectivity index (χ3n) is 15.1. The standard InChI is InChI=1S/C52H51BN2/c1-32-18-12-13-21-36(32)33-26-40-39-30-42-38(37-22-14-15-23-41(37)50(42,5)6)31-45(39)55(35-19-10-9-11-20-35)53-44-29-34(49(2,3)4)28-43-48(44)54(46(27-33)47(40)53)52(8)25-17-16-24-51(43,52)7/h9-15,18-23,26-31H,16-17,24-25H2,1-8H3. The minimum atomic E-state index is -0.0987. The molecule has 6 aromatic carbocycles. The number of para-hydroxylation sites is 1. The first-order valence-corrected chi connectivity index (χ1v) is 20.7. The van der Waals surface area contributed by atoms with Crippen LogP contribution in [0.5, 0.6) is 0 Å². The summed E-state index contributed by atoms with van der Waals surface area (Å²) in [5, 5.41) is 0. The normalized spacial score (nSPS) is 22.1. The summed E-state index contributed by atoms with van der Waals surface area (Å²) >= 11 is 0. The van der Waals surface area contributed by atoms with Crippen molar-refractivity contribution in [3.63, 3.8) is 0 Å². The fourth-order valence-electron chi connectivity index (χ4n) is 11.9. The molecule has 0 radical (unpaired) electrons. The van der Waals surface area contributed by atoms with Gasteiger partial charge in [0.1, 0.15) is 0 Å². The molecule has 5 aliphatic rings. The maximum absolute atomic E-state index is 2.89. The van der Waals surface area contributed by atoms with E-state index in [0.717, 1.165) is 0 Å². The van der Waals surface area contributed by atoms with E-state index < -0.39 is 0 Å².